The molecule has 2 heterocycles. The Morgan fingerprint density at radius 1 is 1.29 bits per heavy atom. The topological polar surface area (TPSA) is 42.4 Å². The molecule has 94 valence electrons. The molecule has 1 aliphatic heterocycles. The van der Waals surface area contributed by atoms with Crippen LogP contribution in [0.15, 0.2) is 5.38 Å². The lowest BCUT2D eigenvalue weighted by atomic mass is 10.1. The number of rotatable bonds is 2. The molecule has 0 atom stereocenters. The fraction of sp³-hybridized carbons (Fsp3) is 0.667. The summed E-state index contributed by atoms with van der Waals surface area (Å²) in [6, 6.07) is 0. The van der Waals surface area contributed by atoms with Crippen LogP contribution in [-0.4, -0.2) is 31.2 Å². The van der Waals surface area contributed by atoms with E-state index in [0.717, 1.165) is 18.2 Å². The highest BCUT2D eigenvalue weighted by Gasteiger charge is 2.16. The van der Waals surface area contributed by atoms with Gasteiger partial charge in [-0.1, -0.05) is 19.3 Å². The first-order valence-corrected chi connectivity index (χ1v) is 6.98. The minimum atomic E-state index is -0.348. The van der Waals surface area contributed by atoms with Crippen molar-refractivity contribution in [1.82, 2.24) is 4.98 Å². The van der Waals surface area contributed by atoms with Gasteiger partial charge >= 0.3 is 5.97 Å². The first-order chi connectivity index (χ1) is 8.31. The SMILES string of the molecule is COC(=O)c1csc(N2CCCCCCC2)n1. The zero-order valence-electron chi connectivity index (χ0n) is 10.1. The molecular formula is C12H18N2O2S. The summed E-state index contributed by atoms with van der Waals surface area (Å²) in [6.07, 6.45) is 6.37. The van der Waals surface area contributed by atoms with Crippen LogP contribution >= 0.6 is 11.3 Å². The second kappa shape index (κ2) is 6.00. The molecule has 4 nitrogen and oxygen atoms in total. The van der Waals surface area contributed by atoms with Gasteiger partial charge in [-0.3, -0.25) is 0 Å². The number of thiazole rings is 1. The Morgan fingerprint density at radius 3 is 2.59 bits per heavy atom. The van der Waals surface area contributed by atoms with E-state index in [9.17, 15) is 4.79 Å². The Kier molecular flexibility index (Phi) is 4.36. The third-order valence-corrected chi connectivity index (χ3v) is 3.91. The van der Waals surface area contributed by atoms with E-state index in [1.807, 2.05) is 0 Å². The van der Waals surface area contributed by atoms with Crippen molar-refractivity contribution in [2.75, 3.05) is 25.1 Å². The number of aromatic nitrogens is 1. The lowest BCUT2D eigenvalue weighted by molar-refractivity contribution is 0.0595. The Morgan fingerprint density at radius 2 is 1.94 bits per heavy atom. The summed E-state index contributed by atoms with van der Waals surface area (Å²) >= 11 is 1.53. The average Bonchev–Trinajstić information content (AvgIpc) is 2.77. The molecule has 0 unspecified atom stereocenters. The highest BCUT2D eigenvalue weighted by molar-refractivity contribution is 7.13. The van der Waals surface area contributed by atoms with Gasteiger partial charge in [0.2, 0.25) is 0 Å². The smallest absolute Gasteiger partial charge is 0.357 e. The van der Waals surface area contributed by atoms with Crippen molar-refractivity contribution in [1.29, 1.82) is 0 Å². The van der Waals surface area contributed by atoms with E-state index >= 15 is 0 Å². The molecule has 0 N–H and O–H groups in total. The molecular weight excluding hydrogens is 236 g/mol. The van der Waals surface area contributed by atoms with Crippen LogP contribution in [0.3, 0.4) is 0 Å². The lowest BCUT2D eigenvalue weighted by Gasteiger charge is -2.23. The number of methoxy groups -OCH3 is 1. The average molecular weight is 254 g/mol. The van der Waals surface area contributed by atoms with Gasteiger partial charge in [0.15, 0.2) is 10.8 Å². The number of ether oxygens (including phenoxy) is 1. The summed E-state index contributed by atoms with van der Waals surface area (Å²) < 4.78 is 4.67. The van der Waals surface area contributed by atoms with Crippen molar-refractivity contribution in [2.24, 2.45) is 0 Å². The van der Waals surface area contributed by atoms with E-state index in [1.165, 1.54) is 50.6 Å². The van der Waals surface area contributed by atoms with Gasteiger partial charge in [0.1, 0.15) is 0 Å². The maximum Gasteiger partial charge on any atom is 0.357 e. The third-order valence-electron chi connectivity index (χ3n) is 3.01. The lowest BCUT2D eigenvalue weighted by Crippen LogP contribution is -2.26. The Labute approximate surface area is 106 Å². The molecule has 0 saturated carbocycles. The molecule has 2 rings (SSSR count). The standard InChI is InChI=1S/C12H18N2O2S/c1-16-11(15)10-9-17-12(13-10)14-7-5-3-2-4-6-8-14/h9H,2-8H2,1H3. The van der Waals surface area contributed by atoms with Crippen molar-refractivity contribution >= 4 is 22.4 Å². The molecule has 17 heavy (non-hydrogen) atoms. The molecule has 0 bridgehead atoms. The zero-order chi connectivity index (χ0) is 12.1. The normalized spacial score (nSPS) is 17.4. The highest BCUT2D eigenvalue weighted by Crippen LogP contribution is 2.23. The summed E-state index contributed by atoms with van der Waals surface area (Å²) in [5, 5.41) is 2.73. The fourth-order valence-electron chi connectivity index (χ4n) is 2.05. The van der Waals surface area contributed by atoms with Gasteiger partial charge in [-0.2, -0.15) is 0 Å². The summed E-state index contributed by atoms with van der Waals surface area (Å²) in [4.78, 5) is 18.0. The molecule has 1 aromatic heterocycles. The largest absolute Gasteiger partial charge is 0.464 e. The minimum absolute atomic E-state index is 0.348. The zero-order valence-corrected chi connectivity index (χ0v) is 11.0. The third kappa shape index (κ3) is 3.19. The number of esters is 1. The van der Waals surface area contributed by atoms with E-state index in [0.29, 0.717) is 5.69 Å². The van der Waals surface area contributed by atoms with Crippen LogP contribution in [0.25, 0.3) is 0 Å². The molecule has 0 radical (unpaired) electrons. The molecule has 0 aromatic carbocycles. The quantitative estimate of drug-likeness (QED) is 0.761. The van der Waals surface area contributed by atoms with Crippen molar-refractivity contribution in [3.8, 4) is 0 Å². The van der Waals surface area contributed by atoms with E-state index in [1.54, 1.807) is 5.38 Å². The second-order valence-electron chi connectivity index (χ2n) is 4.26. The van der Waals surface area contributed by atoms with Crippen molar-refractivity contribution in [3.05, 3.63) is 11.1 Å². The number of carbonyl (C=O) groups is 1. The molecule has 1 aliphatic rings. The van der Waals surface area contributed by atoms with Gasteiger partial charge in [0.25, 0.3) is 0 Å². The molecule has 1 aromatic rings. The Balaban J connectivity index is 2.04. The number of hydrogen-bond acceptors (Lipinski definition) is 5. The van der Waals surface area contributed by atoms with Gasteiger partial charge in [0.05, 0.1) is 7.11 Å². The Hall–Kier alpha value is -1.10. The first-order valence-electron chi connectivity index (χ1n) is 6.10. The van der Waals surface area contributed by atoms with E-state index in [-0.39, 0.29) is 5.97 Å². The van der Waals surface area contributed by atoms with Gasteiger partial charge in [-0.05, 0) is 12.8 Å². The van der Waals surface area contributed by atoms with Crippen molar-refractivity contribution in [2.45, 2.75) is 32.1 Å². The number of carbonyl (C=O) groups excluding carboxylic acids is 1. The maximum atomic E-state index is 11.3. The molecule has 0 spiro atoms. The maximum absolute atomic E-state index is 11.3. The van der Waals surface area contributed by atoms with Crippen LogP contribution in [0, 0.1) is 0 Å². The second-order valence-corrected chi connectivity index (χ2v) is 5.10. The molecule has 5 heteroatoms. The van der Waals surface area contributed by atoms with E-state index in [2.05, 4.69) is 14.6 Å². The van der Waals surface area contributed by atoms with E-state index < -0.39 is 0 Å². The van der Waals surface area contributed by atoms with Crippen LogP contribution in [0.5, 0.6) is 0 Å². The summed E-state index contributed by atoms with van der Waals surface area (Å²) in [5.74, 6) is -0.348. The molecule has 1 saturated heterocycles. The summed E-state index contributed by atoms with van der Waals surface area (Å²) in [5.41, 5.74) is 0.426. The molecule has 1 fully saturated rings. The number of nitrogens with zero attached hydrogens (tertiary/aromatic N) is 2. The van der Waals surface area contributed by atoms with Crippen LogP contribution in [0.4, 0.5) is 5.13 Å². The van der Waals surface area contributed by atoms with Crippen LogP contribution in [0.2, 0.25) is 0 Å². The van der Waals surface area contributed by atoms with E-state index in [4.69, 9.17) is 0 Å². The minimum Gasteiger partial charge on any atom is -0.464 e. The fourth-order valence-corrected chi connectivity index (χ4v) is 2.90. The van der Waals surface area contributed by atoms with Gasteiger partial charge in [-0.15, -0.1) is 11.3 Å². The highest BCUT2D eigenvalue weighted by atomic mass is 32.1. The number of hydrogen-bond donors (Lipinski definition) is 0. The van der Waals surface area contributed by atoms with Gasteiger partial charge in [0, 0.05) is 18.5 Å². The Bertz CT molecular complexity index is 370. The number of anilines is 1. The van der Waals surface area contributed by atoms with Gasteiger partial charge < -0.3 is 9.64 Å². The predicted molar refractivity (Wildman–Crippen MR) is 68.8 cm³/mol. The molecule has 0 aliphatic carbocycles. The van der Waals surface area contributed by atoms with Crippen LogP contribution < -0.4 is 4.90 Å². The summed E-state index contributed by atoms with van der Waals surface area (Å²) in [7, 11) is 1.39. The molecule has 0 amide bonds. The summed E-state index contributed by atoms with van der Waals surface area (Å²) in [6.45, 7) is 2.10. The van der Waals surface area contributed by atoms with Crippen LogP contribution in [-0.2, 0) is 4.74 Å². The predicted octanol–water partition coefficient (Wildman–Crippen LogP) is 2.70. The van der Waals surface area contributed by atoms with Gasteiger partial charge in [-0.25, -0.2) is 9.78 Å². The first kappa shape index (κ1) is 12.4. The van der Waals surface area contributed by atoms with Crippen molar-refractivity contribution < 1.29 is 9.53 Å². The van der Waals surface area contributed by atoms with Crippen LogP contribution in [0.1, 0.15) is 42.6 Å². The monoisotopic (exact) mass is 254 g/mol. The van der Waals surface area contributed by atoms with Crippen molar-refractivity contribution in [3.63, 3.8) is 0 Å².